The van der Waals surface area contributed by atoms with Gasteiger partial charge in [-0.3, -0.25) is 4.98 Å². The van der Waals surface area contributed by atoms with Gasteiger partial charge in [-0.1, -0.05) is 0 Å². The van der Waals surface area contributed by atoms with Gasteiger partial charge < -0.3 is 5.84 Å². The maximum absolute atomic E-state index is 5.66. The fourth-order valence-electron chi connectivity index (χ4n) is 1.07. The minimum absolute atomic E-state index is 0.799. The summed E-state index contributed by atoms with van der Waals surface area (Å²) < 4.78 is 1.55. The minimum Gasteiger partial charge on any atom is -0.337 e. The molecule has 2 heterocycles. The SMILES string of the molecule is Cc1nc2cnccc2n1N. The van der Waals surface area contributed by atoms with E-state index in [1.165, 1.54) is 0 Å². The van der Waals surface area contributed by atoms with Crippen molar-refractivity contribution in [1.82, 2.24) is 14.6 Å². The van der Waals surface area contributed by atoms with E-state index < -0.39 is 0 Å². The molecule has 2 aromatic rings. The molecular formula is C7H8N4. The van der Waals surface area contributed by atoms with Gasteiger partial charge in [0.05, 0.1) is 11.7 Å². The lowest BCUT2D eigenvalue weighted by molar-refractivity contribution is 0.956. The first-order valence-corrected chi connectivity index (χ1v) is 3.33. The smallest absolute Gasteiger partial charge is 0.125 e. The van der Waals surface area contributed by atoms with Crippen molar-refractivity contribution in [1.29, 1.82) is 0 Å². The first kappa shape index (κ1) is 6.15. The Bertz CT molecular complexity index is 390. The van der Waals surface area contributed by atoms with E-state index in [0.717, 1.165) is 16.9 Å². The zero-order valence-electron chi connectivity index (χ0n) is 6.15. The number of hydrogen-bond acceptors (Lipinski definition) is 3. The summed E-state index contributed by atoms with van der Waals surface area (Å²) in [4.78, 5) is 8.12. The van der Waals surface area contributed by atoms with Gasteiger partial charge in [-0.15, -0.1) is 0 Å². The van der Waals surface area contributed by atoms with Crippen molar-refractivity contribution in [2.24, 2.45) is 0 Å². The normalized spacial score (nSPS) is 10.6. The summed E-state index contributed by atoms with van der Waals surface area (Å²) in [6, 6.07) is 1.84. The van der Waals surface area contributed by atoms with E-state index >= 15 is 0 Å². The Morgan fingerprint density at radius 2 is 2.36 bits per heavy atom. The number of nitrogens with zero attached hydrogens (tertiary/aromatic N) is 3. The maximum Gasteiger partial charge on any atom is 0.125 e. The van der Waals surface area contributed by atoms with Crippen LogP contribution in [0.15, 0.2) is 18.5 Å². The number of rotatable bonds is 0. The number of imidazole rings is 1. The van der Waals surface area contributed by atoms with Gasteiger partial charge in [-0.25, -0.2) is 9.66 Å². The predicted molar refractivity (Wildman–Crippen MR) is 42.4 cm³/mol. The zero-order valence-corrected chi connectivity index (χ0v) is 6.15. The number of pyridine rings is 1. The van der Waals surface area contributed by atoms with Gasteiger partial charge in [0, 0.05) is 6.20 Å². The van der Waals surface area contributed by atoms with Gasteiger partial charge in [0.2, 0.25) is 0 Å². The molecule has 0 radical (unpaired) electrons. The molecular weight excluding hydrogens is 140 g/mol. The average molecular weight is 148 g/mol. The van der Waals surface area contributed by atoms with Crippen LogP contribution in [0.3, 0.4) is 0 Å². The largest absolute Gasteiger partial charge is 0.337 e. The Morgan fingerprint density at radius 1 is 1.55 bits per heavy atom. The second kappa shape index (κ2) is 1.95. The Kier molecular flexibility index (Phi) is 1.09. The number of nitrogen functional groups attached to an aromatic ring is 1. The lowest BCUT2D eigenvalue weighted by Gasteiger charge is -1.93. The van der Waals surface area contributed by atoms with Crippen LogP contribution >= 0.6 is 0 Å². The van der Waals surface area contributed by atoms with Crippen LogP contribution in [0.4, 0.5) is 0 Å². The van der Waals surface area contributed by atoms with E-state index in [-0.39, 0.29) is 0 Å². The molecule has 0 bridgehead atoms. The quantitative estimate of drug-likeness (QED) is 0.552. The first-order valence-electron chi connectivity index (χ1n) is 3.33. The molecule has 4 heteroatoms. The Balaban J connectivity index is 2.92. The highest BCUT2D eigenvalue weighted by Crippen LogP contribution is 2.09. The molecule has 0 amide bonds. The molecule has 4 nitrogen and oxygen atoms in total. The van der Waals surface area contributed by atoms with E-state index in [2.05, 4.69) is 9.97 Å². The number of aryl methyl sites for hydroxylation is 1. The Labute approximate surface area is 63.6 Å². The van der Waals surface area contributed by atoms with Gasteiger partial charge in [0.15, 0.2) is 0 Å². The van der Waals surface area contributed by atoms with Gasteiger partial charge in [0.25, 0.3) is 0 Å². The van der Waals surface area contributed by atoms with Crippen molar-refractivity contribution >= 4 is 11.0 Å². The molecule has 11 heavy (non-hydrogen) atoms. The van der Waals surface area contributed by atoms with Gasteiger partial charge in [-0.2, -0.15) is 0 Å². The molecule has 56 valence electrons. The van der Waals surface area contributed by atoms with Crippen LogP contribution < -0.4 is 5.84 Å². The maximum atomic E-state index is 5.66. The molecule has 0 saturated carbocycles. The number of fused-ring (bicyclic) bond motifs is 1. The summed E-state index contributed by atoms with van der Waals surface area (Å²) in [6.45, 7) is 1.86. The third-order valence-corrected chi connectivity index (χ3v) is 1.67. The predicted octanol–water partition coefficient (Wildman–Crippen LogP) is 0.454. The molecule has 2 rings (SSSR count). The number of nitrogens with two attached hydrogens (primary N) is 1. The van der Waals surface area contributed by atoms with Crippen molar-refractivity contribution in [2.45, 2.75) is 6.92 Å². The summed E-state index contributed by atoms with van der Waals surface area (Å²) in [5, 5.41) is 0. The molecule has 0 atom stereocenters. The van der Waals surface area contributed by atoms with Crippen molar-refractivity contribution < 1.29 is 0 Å². The molecule has 2 aromatic heterocycles. The highest BCUT2D eigenvalue weighted by molar-refractivity contribution is 5.74. The monoisotopic (exact) mass is 148 g/mol. The third-order valence-electron chi connectivity index (χ3n) is 1.67. The molecule has 0 saturated heterocycles. The van der Waals surface area contributed by atoms with Crippen molar-refractivity contribution in [3.63, 3.8) is 0 Å². The summed E-state index contributed by atoms with van der Waals surface area (Å²) in [6.07, 6.45) is 3.40. The number of aromatic nitrogens is 3. The van der Waals surface area contributed by atoms with Crippen LogP contribution in [0.1, 0.15) is 5.82 Å². The third kappa shape index (κ3) is 0.756. The van der Waals surface area contributed by atoms with Gasteiger partial charge in [0.1, 0.15) is 11.3 Å². The Hall–Kier alpha value is -1.58. The molecule has 0 aliphatic rings. The summed E-state index contributed by atoms with van der Waals surface area (Å²) in [5.74, 6) is 6.46. The average Bonchev–Trinajstić information content (AvgIpc) is 2.30. The topological polar surface area (TPSA) is 56.7 Å². The molecule has 0 unspecified atom stereocenters. The van der Waals surface area contributed by atoms with Crippen LogP contribution in [0.2, 0.25) is 0 Å². The van der Waals surface area contributed by atoms with Crippen LogP contribution in [0.25, 0.3) is 11.0 Å². The molecule has 2 N–H and O–H groups in total. The van der Waals surface area contributed by atoms with Crippen LogP contribution in [-0.2, 0) is 0 Å². The van der Waals surface area contributed by atoms with E-state index in [1.54, 1.807) is 17.1 Å². The number of hydrogen-bond donors (Lipinski definition) is 1. The first-order chi connectivity index (χ1) is 5.29. The fraction of sp³-hybridized carbons (Fsp3) is 0.143. The van der Waals surface area contributed by atoms with Gasteiger partial charge in [-0.05, 0) is 13.0 Å². The molecule has 0 spiro atoms. The minimum atomic E-state index is 0.799. The molecule has 0 aliphatic heterocycles. The second-order valence-electron chi connectivity index (χ2n) is 2.39. The van der Waals surface area contributed by atoms with Crippen LogP contribution in [0.5, 0.6) is 0 Å². The van der Waals surface area contributed by atoms with Crippen molar-refractivity contribution in [3.8, 4) is 0 Å². The summed E-state index contributed by atoms with van der Waals surface area (Å²) >= 11 is 0. The molecule has 0 aromatic carbocycles. The second-order valence-corrected chi connectivity index (χ2v) is 2.39. The van der Waals surface area contributed by atoms with Crippen LogP contribution in [-0.4, -0.2) is 14.6 Å². The van der Waals surface area contributed by atoms with E-state index in [9.17, 15) is 0 Å². The lowest BCUT2D eigenvalue weighted by Crippen LogP contribution is -2.09. The lowest BCUT2D eigenvalue weighted by atomic mass is 10.4. The molecule has 0 aliphatic carbocycles. The van der Waals surface area contributed by atoms with E-state index in [1.807, 2.05) is 13.0 Å². The van der Waals surface area contributed by atoms with Crippen molar-refractivity contribution in [2.75, 3.05) is 5.84 Å². The zero-order chi connectivity index (χ0) is 7.84. The van der Waals surface area contributed by atoms with Gasteiger partial charge >= 0.3 is 0 Å². The van der Waals surface area contributed by atoms with Crippen molar-refractivity contribution in [3.05, 3.63) is 24.3 Å². The molecule has 0 fully saturated rings. The highest BCUT2D eigenvalue weighted by atomic mass is 15.3. The summed E-state index contributed by atoms with van der Waals surface area (Å²) in [7, 11) is 0. The standard InChI is InChI=1S/C7H8N4/c1-5-10-6-4-9-3-2-7(6)11(5)8/h2-4H,8H2,1H3. The highest BCUT2D eigenvalue weighted by Gasteiger charge is 2.01. The van der Waals surface area contributed by atoms with Crippen LogP contribution in [0, 0.1) is 6.92 Å². The van der Waals surface area contributed by atoms with E-state index in [4.69, 9.17) is 5.84 Å². The fourth-order valence-corrected chi connectivity index (χ4v) is 1.07. The Morgan fingerprint density at radius 3 is 3.09 bits per heavy atom. The van der Waals surface area contributed by atoms with E-state index in [0.29, 0.717) is 0 Å². The summed E-state index contributed by atoms with van der Waals surface area (Å²) in [5.41, 5.74) is 1.75.